The van der Waals surface area contributed by atoms with Crippen LogP contribution in [0.15, 0.2) is 83.8 Å². The van der Waals surface area contributed by atoms with Gasteiger partial charge in [-0.2, -0.15) is 8.42 Å². The van der Waals surface area contributed by atoms with E-state index in [1.165, 1.54) is 34.4 Å². The smallest absolute Gasteiger partial charge is 0.407 e. The van der Waals surface area contributed by atoms with Gasteiger partial charge in [0.15, 0.2) is 0 Å². The molecule has 0 radical (unpaired) electrons. The molecule has 0 bridgehead atoms. The molecule has 3 aromatic rings. The maximum atomic E-state index is 12.2. The summed E-state index contributed by atoms with van der Waals surface area (Å²) in [6, 6.07) is 24.5. The van der Waals surface area contributed by atoms with Crippen LogP contribution < -0.4 is 5.32 Å². The zero-order chi connectivity index (χ0) is 34.4. The first-order valence-electron chi connectivity index (χ1n) is 16.6. The lowest BCUT2D eigenvalue weighted by Crippen LogP contribution is -2.27. The van der Waals surface area contributed by atoms with Gasteiger partial charge in [-0.3, -0.25) is 4.18 Å². The number of ether oxygens (including phenoxy) is 7. The SMILES string of the molecule is O=C(NCCCOCCOCCOCCOCCOCCOCCOS(=O)(=O)c1ccccc1)OCC1c2ccccc2-c2ccccc21. The Morgan fingerprint density at radius 2 is 0.980 bits per heavy atom. The average molecular weight is 702 g/mol. The van der Waals surface area contributed by atoms with Crippen molar-refractivity contribution in [2.75, 3.05) is 99.0 Å². The van der Waals surface area contributed by atoms with Crippen molar-refractivity contribution in [2.45, 2.75) is 17.2 Å². The van der Waals surface area contributed by atoms with Crippen molar-refractivity contribution in [3.05, 3.63) is 90.0 Å². The Labute approximate surface area is 289 Å². The van der Waals surface area contributed by atoms with Gasteiger partial charge < -0.3 is 38.5 Å². The molecule has 3 aromatic carbocycles. The molecule has 0 spiro atoms. The highest BCUT2D eigenvalue weighted by Crippen LogP contribution is 2.44. The molecular formula is C36H47NO11S. The number of fused-ring (bicyclic) bond motifs is 3. The number of amides is 1. The molecule has 1 N–H and O–H groups in total. The Morgan fingerprint density at radius 3 is 1.49 bits per heavy atom. The van der Waals surface area contributed by atoms with Gasteiger partial charge in [0, 0.05) is 19.1 Å². The molecule has 1 aliphatic rings. The van der Waals surface area contributed by atoms with E-state index in [-0.39, 0.29) is 24.0 Å². The fraction of sp³-hybridized carbons (Fsp3) is 0.472. The third-order valence-corrected chi connectivity index (χ3v) is 8.76. The van der Waals surface area contributed by atoms with E-state index in [2.05, 4.69) is 29.6 Å². The molecule has 13 heteroatoms. The second-order valence-corrected chi connectivity index (χ2v) is 12.5. The van der Waals surface area contributed by atoms with E-state index in [0.29, 0.717) is 92.2 Å². The maximum absolute atomic E-state index is 12.2. The zero-order valence-corrected chi connectivity index (χ0v) is 28.6. The molecule has 0 fully saturated rings. The second kappa shape index (κ2) is 22.3. The fourth-order valence-electron chi connectivity index (χ4n) is 5.07. The summed E-state index contributed by atoms with van der Waals surface area (Å²) in [5.74, 6) is 0.0425. The normalized spacial score (nSPS) is 12.5. The lowest BCUT2D eigenvalue weighted by atomic mass is 9.98. The van der Waals surface area contributed by atoms with Crippen molar-refractivity contribution in [1.82, 2.24) is 5.32 Å². The van der Waals surface area contributed by atoms with Gasteiger partial charge in [0.25, 0.3) is 10.1 Å². The highest BCUT2D eigenvalue weighted by Gasteiger charge is 2.29. The molecule has 0 heterocycles. The quantitative estimate of drug-likeness (QED) is 0.0941. The van der Waals surface area contributed by atoms with Gasteiger partial charge in [-0.1, -0.05) is 66.7 Å². The average Bonchev–Trinajstić information content (AvgIpc) is 3.44. The minimum atomic E-state index is -3.76. The van der Waals surface area contributed by atoms with Crippen LogP contribution in [0.1, 0.15) is 23.5 Å². The molecule has 0 aromatic heterocycles. The van der Waals surface area contributed by atoms with E-state index < -0.39 is 16.2 Å². The summed E-state index contributed by atoms with van der Waals surface area (Å²) in [5.41, 5.74) is 4.78. The van der Waals surface area contributed by atoms with Crippen molar-refractivity contribution in [3.63, 3.8) is 0 Å². The predicted octanol–water partition coefficient (Wildman–Crippen LogP) is 4.42. The van der Waals surface area contributed by atoms with Gasteiger partial charge in [0.2, 0.25) is 0 Å². The van der Waals surface area contributed by atoms with Crippen LogP contribution in [-0.2, 0) is 47.5 Å². The number of nitrogens with one attached hydrogen (secondary N) is 1. The van der Waals surface area contributed by atoms with Gasteiger partial charge in [-0.05, 0) is 40.8 Å². The number of hydrogen-bond donors (Lipinski definition) is 1. The van der Waals surface area contributed by atoms with Gasteiger partial charge in [-0.25, -0.2) is 4.79 Å². The molecule has 0 saturated carbocycles. The van der Waals surface area contributed by atoms with Crippen LogP contribution in [0.25, 0.3) is 11.1 Å². The molecule has 0 saturated heterocycles. The van der Waals surface area contributed by atoms with Crippen molar-refractivity contribution < 1.29 is 50.6 Å². The molecule has 12 nitrogen and oxygen atoms in total. The number of rotatable bonds is 26. The third kappa shape index (κ3) is 13.8. The summed E-state index contributed by atoms with van der Waals surface area (Å²) in [6.07, 6.45) is 0.247. The van der Waals surface area contributed by atoms with E-state index in [1.807, 2.05) is 24.3 Å². The van der Waals surface area contributed by atoms with Crippen LogP contribution >= 0.6 is 0 Å². The second-order valence-electron chi connectivity index (χ2n) is 10.9. The molecule has 1 amide bonds. The van der Waals surface area contributed by atoms with Crippen LogP contribution in [0.5, 0.6) is 0 Å². The molecule has 0 aliphatic heterocycles. The number of carbonyl (C=O) groups is 1. The van der Waals surface area contributed by atoms with Gasteiger partial charge in [0.1, 0.15) is 6.61 Å². The molecule has 268 valence electrons. The van der Waals surface area contributed by atoms with Crippen LogP contribution in [0.3, 0.4) is 0 Å². The lowest BCUT2D eigenvalue weighted by molar-refractivity contribution is -0.0177. The standard InChI is InChI=1S/C36H47NO11S/c38-36(47-29-35-33-13-6-4-11-31(33)32-12-5-7-14-34(32)35)37-15-8-16-41-17-18-42-19-20-43-21-22-44-23-24-45-25-26-46-27-28-48-49(39,40)30-9-2-1-3-10-30/h1-7,9-14,35H,8,15-29H2,(H,37,38). The maximum Gasteiger partial charge on any atom is 0.407 e. The van der Waals surface area contributed by atoms with Crippen molar-refractivity contribution in [1.29, 1.82) is 0 Å². The summed E-state index contributed by atoms with van der Waals surface area (Å²) in [4.78, 5) is 12.4. The van der Waals surface area contributed by atoms with Crippen molar-refractivity contribution in [3.8, 4) is 11.1 Å². The summed E-state index contributed by atoms with van der Waals surface area (Å²) in [6.45, 7) is 5.61. The molecule has 0 atom stereocenters. The highest BCUT2D eigenvalue weighted by molar-refractivity contribution is 7.86. The van der Waals surface area contributed by atoms with Gasteiger partial charge in [0.05, 0.1) is 84.2 Å². The monoisotopic (exact) mass is 701 g/mol. The topological polar surface area (TPSA) is 137 Å². The van der Waals surface area contributed by atoms with E-state index in [9.17, 15) is 13.2 Å². The molecule has 1 aliphatic carbocycles. The lowest BCUT2D eigenvalue weighted by Gasteiger charge is -2.14. The molecular weight excluding hydrogens is 654 g/mol. The summed E-state index contributed by atoms with van der Waals surface area (Å²) < 4.78 is 67.2. The minimum Gasteiger partial charge on any atom is -0.449 e. The van der Waals surface area contributed by atoms with Crippen LogP contribution in [-0.4, -0.2) is 114 Å². The number of hydrogen-bond acceptors (Lipinski definition) is 11. The largest absolute Gasteiger partial charge is 0.449 e. The zero-order valence-electron chi connectivity index (χ0n) is 27.8. The summed E-state index contributed by atoms with van der Waals surface area (Å²) in [5, 5.41) is 2.79. The number of benzene rings is 3. The Kier molecular flexibility index (Phi) is 17.5. The van der Waals surface area contributed by atoms with E-state index in [0.717, 1.165) is 0 Å². The molecule has 0 unspecified atom stereocenters. The van der Waals surface area contributed by atoms with Crippen LogP contribution in [0.2, 0.25) is 0 Å². The van der Waals surface area contributed by atoms with E-state index >= 15 is 0 Å². The Morgan fingerprint density at radius 1 is 0.551 bits per heavy atom. The number of alkyl carbamates (subject to hydrolysis) is 1. The third-order valence-electron chi connectivity index (χ3n) is 7.44. The Hall–Kier alpha value is -3.40. The summed E-state index contributed by atoms with van der Waals surface area (Å²) in [7, 11) is -3.76. The van der Waals surface area contributed by atoms with Gasteiger partial charge >= 0.3 is 6.09 Å². The van der Waals surface area contributed by atoms with Gasteiger partial charge in [-0.15, -0.1) is 0 Å². The number of carbonyl (C=O) groups excluding carboxylic acids is 1. The van der Waals surface area contributed by atoms with Crippen LogP contribution in [0, 0.1) is 0 Å². The first kappa shape index (κ1) is 38.4. The van der Waals surface area contributed by atoms with E-state index in [4.69, 9.17) is 37.3 Å². The first-order chi connectivity index (χ1) is 24.1. The summed E-state index contributed by atoms with van der Waals surface area (Å²) >= 11 is 0. The minimum absolute atomic E-state index is 0.0425. The first-order valence-corrected chi connectivity index (χ1v) is 18.0. The molecule has 4 rings (SSSR count). The fourth-order valence-corrected chi connectivity index (χ4v) is 5.99. The highest BCUT2D eigenvalue weighted by atomic mass is 32.2. The predicted molar refractivity (Wildman–Crippen MR) is 182 cm³/mol. The van der Waals surface area contributed by atoms with E-state index in [1.54, 1.807) is 18.2 Å². The van der Waals surface area contributed by atoms with Crippen LogP contribution in [0.4, 0.5) is 4.79 Å². The molecule has 49 heavy (non-hydrogen) atoms. The van der Waals surface area contributed by atoms with Crippen molar-refractivity contribution >= 4 is 16.2 Å². The van der Waals surface area contributed by atoms with Crippen molar-refractivity contribution in [2.24, 2.45) is 0 Å². The Bertz CT molecular complexity index is 1430. The Balaban J connectivity index is 0.850.